The third kappa shape index (κ3) is 3.70. The Morgan fingerprint density at radius 2 is 2.38 bits per heavy atom. The number of hydrogen-bond acceptors (Lipinski definition) is 3. The number of aromatic nitrogens is 2. The minimum absolute atomic E-state index is 0.295. The van der Waals surface area contributed by atoms with Gasteiger partial charge in [0.25, 0.3) is 0 Å². The van der Waals surface area contributed by atoms with Crippen LogP contribution in [-0.2, 0) is 11.2 Å². The first-order valence-electron chi connectivity index (χ1n) is 3.81. The third-order valence-electron chi connectivity index (χ3n) is 1.51. The van der Waals surface area contributed by atoms with Crippen molar-refractivity contribution in [1.82, 2.24) is 9.97 Å². The molecule has 0 bridgehead atoms. The van der Waals surface area contributed by atoms with Crippen LogP contribution < -0.4 is 0 Å². The highest BCUT2D eigenvalue weighted by molar-refractivity contribution is 9.10. The predicted molar refractivity (Wildman–Crippen MR) is 58.0 cm³/mol. The lowest BCUT2D eigenvalue weighted by Crippen LogP contribution is -2.11. The Bertz CT molecular complexity index is 270. The van der Waals surface area contributed by atoms with E-state index in [1.807, 2.05) is 0 Å². The van der Waals surface area contributed by atoms with Crippen LogP contribution in [0.1, 0.15) is 5.69 Å². The molecule has 1 aromatic rings. The molecule has 0 saturated heterocycles. The normalized spacial score (nSPS) is 12.8. The molecule has 0 fully saturated rings. The Hall–Kier alpha value is -0.0000000000000000555. The van der Waals surface area contributed by atoms with Crippen LogP contribution in [0.3, 0.4) is 0 Å². The first-order chi connectivity index (χ1) is 6.24. The number of halogens is 2. The fraction of sp³-hybridized carbons (Fsp3) is 0.500. The van der Waals surface area contributed by atoms with E-state index in [9.17, 15) is 0 Å². The van der Waals surface area contributed by atoms with Crippen LogP contribution in [0.4, 0.5) is 0 Å². The molecule has 13 heavy (non-hydrogen) atoms. The maximum absolute atomic E-state index is 5.01. The molecule has 1 unspecified atom stereocenters. The van der Waals surface area contributed by atoms with Crippen molar-refractivity contribution in [3.05, 3.63) is 22.7 Å². The Balaban J connectivity index is 2.58. The molecule has 0 aliphatic carbocycles. The van der Waals surface area contributed by atoms with Crippen LogP contribution >= 0.6 is 31.9 Å². The Labute approximate surface area is 94.2 Å². The average Bonchev–Trinajstić information content (AvgIpc) is 2.09. The minimum atomic E-state index is 0.295. The van der Waals surface area contributed by atoms with Gasteiger partial charge in [0.2, 0.25) is 0 Å². The molecule has 0 aliphatic heterocycles. The molecule has 0 N–H and O–H groups in total. The SMILES string of the molecule is COCC(Br)Cc1ncncc1Br. The fourth-order valence-corrected chi connectivity index (χ4v) is 1.89. The van der Waals surface area contributed by atoms with E-state index in [2.05, 4.69) is 41.8 Å². The van der Waals surface area contributed by atoms with E-state index in [1.165, 1.54) is 0 Å². The lowest BCUT2D eigenvalue weighted by atomic mass is 10.2. The van der Waals surface area contributed by atoms with Crippen molar-refractivity contribution in [1.29, 1.82) is 0 Å². The molecule has 0 aliphatic rings. The molecule has 1 aromatic heterocycles. The molecular weight excluding hydrogens is 300 g/mol. The lowest BCUT2D eigenvalue weighted by molar-refractivity contribution is 0.200. The van der Waals surface area contributed by atoms with Gasteiger partial charge in [0.1, 0.15) is 6.33 Å². The van der Waals surface area contributed by atoms with E-state index in [1.54, 1.807) is 19.6 Å². The second kappa shape index (κ2) is 5.67. The second-order valence-electron chi connectivity index (χ2n) is 2.57. The smallest absolute Gasteiger partial charge is 0.115 e. The van der Waals surface area contributed by atoms with Crippen molar-refractivity contribution in [3.8, 4) is 0 Å². The van der Waals surface area contributed by atoms with Crippen molar-refractivity contribution in [3.63, 3.8) is 0 Å². The van der Waals surface area contributed by atoms with Crippen LogP contribution in [0.2, 0.25) is 0 Å². The van der Waals surface area contributed by atoms with E-state index in [0.717, 1.165) is 16.6 Å². The van der Waals surface area contributed by atoms with Crippen LogP contribution in [0.25, 0.3) is 0 Å². The van der Waals surface area contributed by atoms with Crippen LogP contribution in [0, 0.1) is 0 Å². The summed E-state index contributed by atoms with van der Waals surface area (Å²) in [4.78, 5) is 8.35. The number of ether oxygens (including phenoxy) is 1. The van der Waals surface area contributed by atoms with Gasteiger partial charge < -0.3 is 4.74 Å². The largest absolute Gasteiger partial charge is 0.384 e. The molecule has 72 valence electrons. The van der Waals surface area contributed by atoms with Gasteiger partial charge in [-0.05, 0) is 15.9 Å². The lowest BCUT2D eigenvalue weighted by Gasteiger charge is -2.08. The van der Waals surface area contributed by atoms with Crippen LogP contribution in [0.15, 0.2) is 17.0 Å². The zero-order valence-corrected chi connectivity index (χ0v) is 10.4. The molecule has 0 saturated carbocycles. The highest BCUT2D eigenvalue weighted by Gasteiger charge is 2.08. The highest BCUT2D eigenvalue weighted by atomic mass is 79.9. The van der Waals surface area contributed by atoms with Gasteiger partial charge in [-0.25, -0.2) is 9.97 Å². The van der Waals surface area contributed by atoms with Crippen molar-refractivity contribution in [2.45, 2.75) is 11.2 Å². The molecule has 1 heterocycles. The van der Waals surface area contributed by atoms with Crippen LogP contribution in [-0.4, -0.2) is 28.5 Å². The second-order valence-corrected chi connectivity index (χ2v) is 4.72. The summed E-state index contributed by atoms with van der Waals surface area (Å²) >= 11 is 6.89. The maximum atomic E-state index is 5.01. The maximum Gasteiger partial charge on any atom is 0.115 e. The predicted octanol–water partition coefficient (Wildman–Crippen LogP) is 2.19. The quantitative estimate of drug-likeness (QED) is 0.800. The van der Waals surface area contributed by atoms with Gasteiger partial charge in [-0.2, -0.15) is 0 Å². The summed E-state index contributed by atoms with van der Waals surface area (Å²) in [6.07, 6.45) is 4.12. The van der Waals surface area contributed by atoms with Crippen molar-refractivity contribution < 1.29 is 4.74 Å². The van der Waals surface area contributed by atoms with Gasteiger partial charge in [0, 0.05) is 24.6 Å². The van der Waals surface area contributed by atoms with Crippen molar-refractivity contribution >= 4 is 31.9 Å². The summed E-state index contributed by atoms with van der Waals surface area (Å²) < 4.78 is 5.95. The van der Waals surface area contributed by atoms with Gasteiger partial charge in [0.15, 0.2) is 0 Å². The first kappa shape index (κ1) is 11.1. The Kier molecular flexibility index (Phi) is 4.83. The van der Waals surface area contributed by atoms with Crippen molar-refractivity contribution in [2.75, 3.05) is 13.7 Å². The molecule has 3 nitrogen and oxygen atoms in total. The van der Waals surface area contributed by atoms with Crippen molar-refractivity contribution in [2.24, 2.45) is 0 Å². The fourth-order valence-electron chi connectivity index (χ4n) is 0.938. The zero-order valence-electron chi connectivity index (χ0n) is 7.20. The number of rotatable bonds is 4. The summed E-state index contributed by atoms with van der Waals surface area (Å²) in [6, 6.07) is 0. The summed E-state index contributed by atoms with van der Waals surface area (Å²) in [7, 11) is 1.68. The topological polar surface area (TPSA) is 35.0 Å². The van der Waals surface area contributed by atoms with E-state index >= 15 is 0 Å². The summed E-state index contributed by atoms with van der Waals surface area (Å²) in [5, 5.41) is 0. The molecule has 0 radical (unpaired) electrons. The molecule has 1 atom stereocenters. The number of hydrogen-bond donors (Lipinski definition) is 0. The Morgan fingerprint density at radius 1 is 1.62 bits per heavy atom. The first-order valence-corrected chi connectivity index (χ1v) is 5.52. The van der Waals surface area contributed by atoms with Gasteiger partial charge in [-0.1, -0.05) is 15.9 Å². The van der Waals surface area contributed by atoms with E-state index in [4.69, 9.17) is 4.74 Å². The van der Waals surface area contributed by atoms with Gasteiger partial charge in [-0.3, -0.25) is 0 Å². The monoisotopic (exact) mass is 308 g/mol. The Morgan fingerprint density at radius 3 is 3.00 bits per heavy atom. The molecule has 0 spiro atoms. The van der Waals surface area contributed by atoms with E-state index in [-0.39, 0.29) is 0 Å². The molecule has 5 heteroatoms. The van der Waals surface area contributed by atoms with E-state index in [0.29, 0.717) is 11.4 Å². The third-order valence-corrected chi connectivity index (χ3v) is 2.76. The van der Waals surface area contributed by atoms with E-state index < -0.39 is 0 Å². The summed E-state index contributed by atoms with van der Waals surface area (Å²) in [5.41, 5.74) is 0.994. The van der Waals surface area contributed by atoms with Crippen LogP contribution in [0.5, 0.6) is 0 Å². The number of alkyl halides is 1. The summed E-state index contributed by atoms with van der Waals surface area (Å²) in [6.45, 7) is 0.677. The zero-order chi connectivity index (χ0) is 9.68. The van der Waals surface area contributed by atoms with Gasteiger partial charge in [-0.15, -0.1) is 0 Å². The standard InChI is InChI=1S/C8H10Br2N2O/c1-13-4-6(9)2-8-7(10)3-11-5-12-8/h3,5-6H,2,4H2,1H3. The molecule has 1 rings (SSSR count). The molecular formula is C8H10Br2N2O. The van der Waals surface area contributed by atoms with Gasteiger partial charge in [0.05, 0.1) is 16.8 Å². The number of nitrogens with zero attached hydrogens (tertiary/aromatic N) is 2. The minimum Gasteiger partial charge on any atom is -0.384 e. The molecule has 0 aromatic carbocycles. The average molecular weight is 310 g/mol. The highest BCUT2D eigenvalue weighted by Crippen LogP contribution is 2.16. The summed E-state index contributed by atoms with van der Waals surface area (Å²) in [5.74, 6) is 0. The number of methoxy groups -OCH3 is 1. The van der Waals surface area contributed by atoms with Gasteiger partial charge >= 0.3 is 0 Å². The molecule has 0 amide bonds.